The van der Waals surface area contributed by atoms with Crippen molar-refractivity contribution in [2.24, 2.45) is 5.41 Å². The van der Waals surface area contributed by atoms with Gasteiger partial charge in [-0.1, -0.05) is 0 Å². The number of aliphatic hydroxyl groups is 2. The van der Waals surface area contributed by atoms with Gasteiger partial charge in [0.15, 0.2) is 6.29 Å². The van der Waals surface area contributed by atoms with Gasteiger partial charge in [-0.2, -0.15) is 0 Å². The Morgan fingerprint density at radius 2 is 2.31 bits per heavy atom. The molecule has 0 saturated carbocycles. The van der Waals surface area contributed by atoms with E-state index in [1.54, 1.807) is 6.92 Å². The van der Waals surface area contributed by atoms with Gasteiger partial charge in [-0.05, 0) is 13.8 Å². The van der Waals surface area contributed by atoms with Crippen LogP contribution in [0.5, 0.6) is 0 Å². The van der Waals surface area contributed by atoms with Gasteiger partial charge in [0.1, 0.15) is 11.5 Å². The van der Waals surface area contributed by atoms with Gasteiger partial charge in [0.2, 0.25) is 0 Å². The molecule has 0 aliphatic carbocycles. The quantitative estimate of drug-likeness (QED) is 0.561. The lowest BCUT2D eigenvalue weighted by atomic mass is 9.87. The summed E-state index contributed by atoms with van der Waals surface area (Å²) in [5.74, 6) is -0.543. The fourth-order valence-corrected chi connectivity index (χ4v) is 1.23. The summed E-state index contributed by atoms with van der Waals surface area (Å²) in [6, 6.07) is 0. The first-order valence-corrected chi connectivity index (χ1v) is 4.17. The van der Waals surface area contributed by atoms with Crippen LogP contribution in [0.2, 0.25) is 0 Å². The van der Waals surface area contributed by atoms with Crippen molar-refractivity contribution in [3.8, 4) is 0 Å². The average molecular weight is 190 g/mol. The van der Waals surface area contributed by atoms with Crippen molar-refractivity contribution < 1.29 is 24.5 Å². The molecule has 1 aliphatic rings. The van der Waals surface area contributed by atoms with Gasteiger partial charge in [-0.15, -0.1) is 0 Å². The molecule has 1 saturated heterocycles. The van der Waals surface area contributed by atoms with Crippen molar-refractivity contribution in [1.82, 2.24) is 0 Å². The smallest absolute Gasteiger partial charge is 0.317 e. The summed E-state index contributed by atoms with van der Waals surface area (Å²) in [6.07, 6.45) is -2.51. The molecule has 5 heteroatoms. The predicted molar refractivity (Wildman–Crippen MR) is 42.7 cm³/mol. The van der Waals surface area contributed by atoms with Crippen molar-refractivity contribution in [2.75, 3.05) is 13.2 Å². The van der Waals surface area contributed by atoms with Gasteiger partial charge in [0, 0.05) is 0 Å². The van der Waals surface area contributed by atoms with Crippen LogP contribution in [0, 0.1) is 5.41 Å². The highest BCUT2D eigenvalue weighted by molar-refractivity contribution is 5.77. The maximum Gasteiger partial charge on any atom is 0.317 e. The molecule has 0 radical (unpaired) electrons. The Morgan fingerprint density at radius 1 is 1.69 bits per heavy atom. The van der Waals surface area contributed by atoms with Gasteiger partial charge in [-0.3, -0.25) is 4.79 Å². The standard InChI is InChI=1S/C8H14O5/c1-3-12-7(11)8(2)4-13-6(10)5(8)9/h5-6,9-10H,3-4H2,1-2H3/t5-,6?,8+/m0/s1. The molecule has 13 heavy (non-hydrogen) atoms. The third-order valence-electron chi connectivity index (χ3n) is 2.22. The van der Waals surface area contributed by atoms with E-state index >= 15 is 0 Å². The molecule has 0 spiro atoms. The molecular weight excluding hydrogens is 176 g/mol. The summed E-state index contributed by atoms with van der Waals surface area (Å²) in [5.41, 5.74) is -1.14. The van der Waals surface area contributed by atoms with Crippen LogP contribution in [0.3, 0.4) is 0 Å². The van der Waals surface area contributed by atoms with Gasteiger partial charge in [-0.25, -0.2) is 0 Å². The highest BCUT2D eigenvalue weighted by Gasteiger charge is 2.51. The monoisotopic (exact) mass is 190 g/mol. The van der Waals surface area contributed by atoms with E-state index in [2.05, 4.69) is 0 Å². The van der Waals surface area contributed by atoms with Crippen LogP contribution in [0.4, 0.5) is 0 Å². The van der Waals surface area contributed by atoms with E-state index in [1.807, 2.05) is 0 Å². The number of hydrogen-bond donors (Lipinski definition) is 2. The normalized spacial score (nSPS) is 39.1. The topological polar surface area (TPSA) is 76.0 Å². The molecule has 1 aliphatic heterocycles. The number of rotatable bonds is 2. The van der Waals surface area contributed by atoms with E-state index < -0.39 is 23.8 Å². The Kier molecular flexibility index (Phi) is 2.90. The van der Waals surface area contributed by atoms with Gasteiger partial charge < -0.3 is 19.7 Å². The lowest BCUT2D eigenvalue weighted by Crippen LogP contribution is -2.42. The molecular formula is C8H14O5. The molecule has 1 heterocycles. The Labute approximate surface area is 76.3 Å². The Morgan fingerprint density at radius 3 is 2.69 bits per heavy atom. The summed E-state index contributed by atoms with van der Waals surface area (Å²) in [6.45, 7) is 3.41. The Hall–Kier alpha value is -0.650. The first kappa shape index (κ1) is 10.4. The fourth-order valence-electron chi connectivity index (χ4n) is 1.23. The SMILES string of the molecule is CCOC(=O)[C@]1(C)COC(O)[C@@H]1O. The average Bonchev–Trinajstić information content (AvgIpc) is 2.35. The predicted octanol–water partition coefficient (Wildman–Crippen LogP) is -0.735. The zero-order valence-electron chi connectivity index (χ0n) is 7.69. The summed E-state index contributed by atoms with van der Waals surface area (Å²) >= 11 is 0. The number of hydrogen-bond acceptors (Lipinski definition) is 5. The number of carbonyl (C=O) groups excluding carboxylic acids is 1. The van der Waals surface area contributed by atoms with E-state index in [0.29, 0.717) is 0 Å². The largest absolute Gasteiger partial charge is 0.465 e. The first-order valence-electron chi connectivity index (χ1n) is 4.17. The molecule has 1 unspecified atom stereocenters. The molecule has 5 nitrogen and oxygen atoms in total. The highest BCUT2D eigenvalue weighted by atomic mass is 16.6. The zero-order valence-corrected chi connectivity index (χ0v) is 7.69. The van der Waals surface area contributed by atoms with Crippen molar-refractivity contribution in [2.45, 2.75) is 26.2 Å². The van der Waals surface area contributed by atoms with Crippen LogP contribution in [-0.4, -0.2) is 41.8 Å². The van der Waals surface area contributed by atoms with Crippen LogP contribution < -0.4 is 0 Å². The van der Waals surface area contributed by atoms with Crippen molar-refractivity contribution in [3.63, 3.8) is 0 Å². The highest BCUT2D eigenvalue weighted by Crippen LogP contribution is 2.32. The van der Waals surface area contributed by atoms with Crippen LogP contribution in [-0.2, 0) is 14.3 Å². The molecule has 0 amide bonds. The second kappa shape index (κ2) is 3.61. The molecule has 0 aromatic carbocycles. The third-order valence-corrected chi connectivity index (χ3v) is 2.22. The minimum absolute atomic E-state index is 0.0197. The van der Waals surface area contributed by atoms with Crippen LogP contribution in [0.15, 0.2) is 0 Å². The summed E-state index contributed by atoms with van der Waals surface area (Å²) in [5, 5.41) is 18.5. The first-order chi connectivity index (χ1) is 6.02. The summed E-state index contributed by atoms with van der Waals surface area (Å²) in [4.78, 5) is 11.3. The molecule has 3 atom stereocenters. The van der Waals surface area contributed by atoms with Crippen LogP contribution in [0.1, 0.15) is 13.8 Å². The maximum absolute atomic E-state index is 11.3. The number of esters is 1. The van der Waals surface area contributed by atoms with Crippen molar-refractivity contribution in [1.29, 1.82) is 0 Å². The molecule has 76 valence electrons. The summed E-state index contributed by atoms with van der Waals surface area (Å²) in [7, 11) is 0. The van der Waals surface area contributed by atoms with Crippen molar-refractivity contribution >= 4 is 5.97 Å². The number of carbonyl (C=O) groups is 1. The van der Waals surface area contributed by atoms with Gasteiger partial charge in [0.05, 0.1) is 13.2 Å². The number of aliphatic hydroxyl groups excluding tert-OH is 2. The van der Waals surface area contributed by atoms with Gasteiger partial charge >= 0.3 is 5.97 Å². The van der Waals surface area contributed by atoms with Crippen LogP contribution >= 0.6 is 0 Å². The molecule has 0 bridgehead atoms. The second-order valence-corrected chi connectivity index (χ2v) is 3.28. The van der Waals surface area contributed by atoms with E-state index in [1.165, 1.54) is 6.92 Å². The molecule has 0 aromatic rings. The molecule has 1 fully saturated rings. The Balaban J connectivity index is 2.71. The number of ether oxygens (including phenoxy) is 2. The van der Waals surface area contributed by atoms with Gasteiger partial charge in [0.25, 0.3) is 0 Å². The molecule has 0 aromatic heterocycles. The third kappa shape index (κ3) is 1.67. The van der Waals surface area contributed by atoms with Crippen molar-refractivity contribution in [3.05, 3.63) is 0 Å². The van der Waals surface area contributed by atoms with Crippen LogP contribution in [0.25, 0.3) is 0 Å². The lowest BCUT2D eigenvalue weighted by molar-refractivity contribution is -0.161. The van der Waals surface area contributed by atoms with E-state index in [0.717, 1.165) is 0 Å². The summed E-state index contributed by atoms with van der Waals surface area (Å²) < 4.78 is 9.51. The van der Waals surface area contributed by atoms with E-state index in [4.69, 9.17) is 14.6 Å². The van der Waals surface area contributed by atoms with E-state index in [-0.39, 0.29) is 13.2 Å². The lowest BCUT2D eigenvalue weighted by Gasteiger charge is -2.23. The minimum atomic E-state index is -1.30. The molecule has 1 rings (SSSR count). The second-order valence-electron chi connectivity index (χ2n) is 3.28. The Bertz CT molecular complexity index is 205. The minimum Gasteiger partial charge on any atom is -0.465 e. The zero-order chi connectivity index (χ0) is 10.1. The van der Waals surface area contributed by atoms with E-state index in [9.17, 15) is 9.90 Å². The molecule has 2 N–H and O–H groups in total. The maximum atomic E-state index is 11.3. The fraction of sp³-hybridized carbons (Fsp3) is 0.875.